The van der Waals surface area contributed by atoms with Crippen molar-refractivity contribution >= 4 is 18.0 Å². The molecule has 0 aliphatic rings. The van der Waals surface area contributed by atoms with Crippen molar-refractivity contribution in [1.29, 1.82) is 0 Å². The fourth-order valence-electron chi connectivity index (χ4n) is 0.182. The summed E-state index contributed by atoms with van der Waals surface area (Å²) in [6.45, 7) is 5.89. The van der Waals surface area contributed by atoms with Gasteiger partial charge in [-0.25, -0.2) is 0 Å². The molecule has 2 heteroatoms. The molecule has 0 spiro atoms. The molecule has 0 radical (unpaired) electrons. The highest BCUT2D eigenvalue weighted by atomic mass is 32.2. The molecule has 0 N–H and O–H groups in total. The maximum Gasteiger partial charge on any atom is 0.0326 e. The molecule has 0 heterocycles. The van der Waals surface area contributed by atoms with Gasteiger partial charge in [-0.2, -0.15) is 0 Å². The number of aliphatic imine (C=N–C) groups is 1. The van der Waals surface area contributed by atoms with E-state index < -0.39 is 0 Å². The predicted molar refractivity (Wildman–Crippen MR) is 48.2 cm³/mol. The van der Waals surface area contributed by atoms with Gasteiger partial charge in [-0.3, -0.25) is 4.99 Å². The number of nitrogens with zero attached hydrogens (tertiary/aromatic N) is 1. The van der Waals surface area contributed by atoms with Crippen molar-refractivity contribution < 1.29 is 0 Å². The van der Waals surface area contributed by atoms with Crippen LogP contribution in [0.15, 0.2) is 16.6 Å². The van der Waals surface area contributed by atoms with Crippen LogP contribution in [-0.2, 0) is 0 Å². The van der Waals surface area contributed by atoms with E-state index in [1.165, 1.54) is 0 Å². The molecule has 0 aliphatic carbocycles. The average molecular weight is 145 g/mol. The second-order valence-electron chi connectivity index (χ2n) is 0.928. The van der Waals surface area contributed by atoms with E-state index in [1.807, 2.05) is 32.4 Å². The maximum absolute atomic E-state index is 3.84. The van der Waals surface area contributed by atoms with Gasteiger partial charge in [0.05, 0.1) is 0 Å². The lowest BCUT2D eigenvalue weighted by molar-refractivity contribution is 1.50. The minimum atomic E-state index is 1.65. The van der Waals surface area contributed by atoms with E-state index in [1.54, 1.807) is 24.2 Å². The second-order valence-corrected chi connectivity index (χ2v) is 1.67. The van der Waals surface area contributed by atoms with Crippen LogP contribution in [0.2, 0.25) is 0 Å². The van der Waals surface area contributed by atoms with Gasteiger partial charge in [-0.1, -0.05) is 13.8 Å². The molecule has 1 nitrogen and oxygen atoms in total. The number of hydrogen-bond donors (Lipinski definition) is 0. The van der Waals surface area contributed by atoms with E-state index in [9.17, 15) is 0 Å². The Morgan fingerprint density at radius 2 is 1.89 bits per heavy atom. The minimum Gasteiger partial charge on any atom is -0.269 e. The van der Waals surface area contributed by atoms with Crippen LogP contribution in [0.5, 0.6) is 0 Å². The molecule has 0 aromatic rings. The Hall–Kier alpha value is -0.240. The van der Waals surface area contributed by atoms with Gasteiger partial charge in [0.1, 0.15) is 0 Å². The molecule has 0 unspecified atom stereocenters. The molecular weight excluding hydrogens is 130 g/mol. The quantitative estimate of drug-likeness (QED) is 0.544. The highest BCUT2D eigenvalue weighted by molar-refractivity contribution is 8.01. The molecule has 0 bridgehead atoms. The zero-order valence-corrected chi connectivity index (χ0v) is 7.40. The van der Waals surface area contributed by atoms with Gasteiger partial charge in [-0.05, 0) is 18.6 Å². The van der Waals surface area contributed by atoms with Crippen molar-refractivity contribution in [2.75, 3.05) is 6.26 Å². The number of hydrogen-bond acceptors (Lipinski definition) is 2. The molecule has 54 valence electrons. The summed E-state index contributed by atoms with van der Waals surface area (Å²) in [7, 11) is 0. The summed E-state index contributed by atoms with van der Waals surface area (Å²) in [5.41, 5.74) is 0. The third-order valence-corrected chi connectivity index (χ3v) is 0.826. The van der Waals surface area contributed by atoms with Gasteiger partial charge < -0.3 is 0 Å². The van der Waals surface area contributed by atoms with Gasteiger partial charge in [0.25, 0.3) is 0 Å². The SMILES string of the molecule is CC.CC=N/C=C\SC. The molecule has 0 aromatic carbocycles. The van der Waals surface area contributed by atoms with Crippen molar-refractivity contribution in [3.05, 3.63) is 11.6 Å². The van der Waals surface area contributed by atoms with Crippen LogP contribution in [0, 0.1) is 0 Å². The molecule has 9 heavy (non-hydrogen) atoms. The standard InChI is InChI=1S/C5H9NS.C2H6/c1-3-6-4-5-7-2;1-2/h3-5H,1-2H3;1-2H3/b5-4-,6-3?;. The Balaban J connectivity index is 0. The van der Waals surface area contributed by atoms with Gasteiger partial charge >= 0.3 is 0 Å². The van der Waals surface area contributed by atoms with Crippen molar-refractivity contribution in [2.24, 2.45) is 4.99 Å². The molecular formula is C7H15NS. The normalized spacial score (nSPS) is 9.78. The largest absolute Gasteiger partial charge is 0.269 e. The van der Waals surface area contributed by atoms with E-state index in [0.717, 1.165) is 0 Å². The molecule has 0 aromatic heterocycles. The summed E-state index contributed by atoms with van der Waals surface area (Å²) in [5, 5.41) is 1.93. The summed E-state index contributed by atoms with van der Waals surface area (Å²) in [6.07, 6.45) is 5.53. The summed E-state index contributed by atoms with van der Waals surface area (Å²) >= 11 is 1.65. The van der Waals surface area contributed by atoms with E-state index in [2.05, 4.69) is 4.99 Å². The summed E-state index contributed by atoms with van der Waals surface area (Å²) < 4.78 is 0. The topological polar surface area (TPSA) is 12.4 Å². The van der Waals surface area contributed by atoms with Crippen LogP contribution in [0.4, 0.5) is 0 Å². The van der Waals surface area contributed by atoms with Crippen LogP contribution < -0.4 is 0 Å². The van der Waals surface area contributed by atoms with Gasteiger partial charge in [0.2, 0.25) is 0 Å². The minimum absolute atomic E-state index is 1.65. The van der Waals surface area contributed by atoms with E-state index in [-0.39, 0.29) is 0 Å². The summed E-state index contributed by atoms with van der Waals surface area (Å²) in [4.78, 5) is 3.84. The third kappa shape index (κ3) is 18.2. The van der Waals surface area contributed by atoms with Gasteiger partial charge in [-0.15, -0.1) is 11.8 Å². The Morgan fingerprint density at radius 3 is 2.22 bits per heavy atom. The lowest BCUT2D eigenvalue weighted by atomic mass is 10.9. The Labute approximate surface area is 62.3 Å². The fourth-order valence-corrected chi connectivity index (χ4v) is 0.374. The first-order valence-electron chi connectivity index (χ1n) is 3.07. The first kappa shape index (κ1) is 11.5. The molecule has 0 atom stereocenters. The maximum atomic E-state index is 3.84. The van der Waals surface area contributed by atoms with Crippen LogP contribution in [0.25, 0.3) is 0 Å². The van der Waals surface area contributed by atoms with E-state index in [4.69, 9.17) is 0 Å². The van der Waals surface area contributed by atoms with Crippen LogP contribution in [-0.4, -0.2) is 12.5 Å². The third-order valence-electron chi connectivity index (χ3n) is 0.432. The van der Waals surface area contributed by atoms with Crippen LogP contribution in [0.1, 0.15) is 20.8 Å². The van der Waals surface area contributed by atoms with Crippen molar-refractivity contribution in [1.82, 2.24) is 0 Å². The monoisotopic (exact) mass is 145 g/mol. The first-order chi connectivity index (χ1) is 4.41. The Bertz CT molecular complexity index is 77.0. The van der Waals surface area contributed by atoms with E-state index >= 15 is 0 Å². The van der Waals surface area contributed by atoms with Gasteiger partial charge in [0.15, 0.2) is 0 Å². The molecule has 0 saturated heterocycles. The zero-order valence-electron chi connectivity index (χ0n) is 6.59. The fraction of sp³-hybridized carbons (Fsp3) is 0.571. The molecule has 0 amide bonds. The summed E-state index contributed by atoms with van der Waals surface area (Å²) in [6, 6.07) is 0. The van der Waals surface area contributed by atoms with E-state index in [0.29, 0.717) is 0 Å². The molecule has 0 fully saturated rings. The Kier molecular flexibility index (Phi) is 20.1. The van der Waals surface area contributed by atoms with Crippen molar-refractivity contribution in [3.8, 4) is 0 Å². The molecule has 0 aliphatic heterocycles. The average Bonchev–Trinajstić information content (AvgIpc) is 1.94. The number of thioether (sulfide) groups is 1. The van der Waals surface area contributed by atoms with Crippen molar-refractivity contribution in [2.45, 2.75) is 20.8 Å². The molecule has 0 rings (SSSR count). The van der Waals surface area contributed by atoms with Crippen molar-refractivity contribution in [3.63, 3.8) is 0 Å². The lowest BCUT2D eigenvalue weighted by Gasteiger charge is -1.71. The zero-order chi connectivity index (χ0) is 7.54. The smallest absolute Gasteiger partial charge is 0.0326 e. The first-order valence-corrected chi connectivity index (χ1v) is 4.36. The van der Waals surface area contributed by atoms with Crippen LogP contribution >= 0.6 is 11.8 Å². The Morgan fingerprint density at radius 1 is 1.33 bits per heavy atom. The van der Waals surface area contributed by atoms with Crippen LogP contribution in [0.3, 0.4) is 0 Å². The second kappa shape index (κ2) is 15.7. The predicted octanol–water partition coefficient (Wildman–Crippen LogP) is 2.94. The molecule has 0 saturated carbocycles. The lowest BCUT2D eigenvalue weighted by Crippen LogP contribution is -1.51. The van der Waals surface area contributed by atoms with Gasteiger partial charge in [0, 0.05) is 12.4 Å². The summed E-state index contributed by atoms with van der Waals surface area (Å²) in [5.74, 6) is 0. The highest BCUT2D eigenvalue weighted by Crippen LogP contribution is 1.91. The highest BCUT2D eigenvalue weighted by Gasteiger charge is 1.57. The number of rotatable bonds is 2.